The minimum atomic E-state index is -0.196. The zero-order chi connectivity index (χ0) is 11.4. The Morgan fingerprint density at radius 2 is 2.00 bits per heavy atom. The molecule has 0 saturated heterocycles. The van der Waals surface area contributed by atoms with Crippen molar-refractivity contribution in [2.45, 2.75) is 37.8 Å². The Balaban J connectivity index is 2.10. The molecular weight excluding hydrogens is 264 g/mol. The third-order valence-electron chi connectivity index (χ3n) is 3.10. The van der Waals surface area contributed by atoms with E-state index in [-0.39, 0.29) is 6.04 Å². The first-order valence-corrected chi connectivity index (χ1v) is 6.50. The van der Waals surface area contributed by atoms with E-state index in [0.717, 1.165) is 10.0 Å². The van der Waals surface area contributed by atoms with Gasteiger partial charge in [-0.1, -0.05) is 47.0 Å². The van der Waals surface area contributed by atoms with E-state index < -0.39 is 0 Å². The SMILES string of the molecule is N#CC(NC1CCCC1)c1ccccc1Br. The molecule has 0 heterocycles. The Labute approximate surface area is 105 Å². The quantitative estimate of drug-likeness (QED) is 0.918. The molecule has 1 aromatic carbocycles. The topological polar surface area (TPSA) is 35.8 Å². The van der Waals surface area contributed by atoms with Crippen LogP contribution in [0.3, 0.4) is 0 Å². The average Bonchev–Trinajstić information content (AvgIpc) is 2.80. The molecule has 0 bridgehead atoms. The Kier molecular flexibility index (Phi) is 3.98. The maximum atomic E-state index is 9.23. The summed E-state index contributed by atoms with van der Waals surface area (Å²) >= 11 is 3.50. The van der Waals surface area contributed by atoms with Crippen molar-refractivity contribution in [1.82, 2.24) is 5.32 Å². The summed E-state index contributed by atoms with van der Waals surface area (Å²) in [6.45, 7) is 0. The molecule has 0 spiro atoms. The van der Waals surface area contributed by atoms with Crippen LogP contribution in [-0.2, 0) is 0 Å². The number of nitriles is 1. The van der Waals surface area contributed by atoms with Crippen LogP contribution in [0.25, 0.3) is 0 Å². The van der Waals surface area contributed by atoms with Gasteiger partial charge in [0.25, 0.3) is 0 Å². The fourth-order valence-corrected chi connectivity index (χ4v) is 2.75. The summed E-state index contributed by atoms with van der Waals surface area (Å²) in [5.41, 5.74) is 1.04. The summed E-state index contributed by atoms with van der Waals surface area (Å²) < 4.78 is 1.01. The molecule has 1 aliphatic carbocycles. The lowest BCUT2D eigenvalue weighted by molar-refractivity contribution is 0.491. The number of rotatable bonds is 3. The van der Waals surface area contributed by atoms with Gasteiger partial charge < -0.3 is 0 Å². The molecule has 1 atom stereocenters. The van der Waals surface area contributed by atoms with Crippen LogP contribution in [0.5, 0.6) is 0 Å². The molecule has 3 heteroatoms. The Morgan fingerprint density at radius 1 is 1.31 bits per heavy atom. The summed E-state index contributed by atoms with van der Waals surface area (Å²) in [5, 5.41) is 12.7. The minimum Gasteiger partial charge on any atom is -0.295 e. The first-order valence-electron chi connectivity index (χ1n) is 5.71. The second-order valence-corrected chi connectivity index (χ2v) is 5.09. The van der Waals surface area contributed by atoms with Crippen molar-refractivity contribution in [2.75, 3.05) is 0 Å². The van der Waals surface area contributed by atoms with Crippen molar-refractivity contribution in [3.05, 3.63) is 34.3 Å². The molecule has 0 radical (unpaired) electrons. The molecule has 1 aliphatic rings. The van der Waals surface area contributed by atoms with E-state index in [1.54, 1.807) is 0 Å². The molecule has 2 rings (SSSR count). The summed E-state index contributed by atoms with van der Waals surface area (Å²) in [4.78, 5) is 0. The Morgan fingerprint density at radius 3 is 2.62 bits per heavy atom. The Bertz CT molecular complexity index is 391. The number of halogens is 1. The van der Waals surface area contributed by atoms with Crippen LogP contribution >= 0.6 is 15.9 Å². The molecular formula is C13H15BrN2. The first-order chi connectivity index (χ1) is 7.81. The van der Waals surface area contributed by atoms with Gasteiger partial charge in [0, 0.05) is 10.5 Å². The smallest absolute Gasteiger partial charge is 0.122 e. The van der Waals surface area contributed by atoms with E-state index in [0.29, 0.717) is 6.04 Å². The van der Waals surface area contributed by atoms with E-state index in [1.807, 2.05) is 24.3 Å². The standard InChI is InChI=1S/C13H15BrN2/c14-12-8-4-3-7-11(12)13(9-15)16-10-5-1-2-6-10/h3-4,7-8,10,13,16H,1-2,5-6H2. The van der Waals surface area contributed by atoms with Gasteiger partial charge in [0.2, 0.25) is 0 Å². The highest BCUT2D eigenvalue weighted by Gasteiger charge is 2.20. The average molecular weight is 279 g/mol. The number of benzene rings is 1. The fraction of sp³-hybridized carbons (Fsp3) is 0.462. The Hall–Kier alpha value is -0.850. The number of hydrogen-bond acceptors (Lipinski definition) is 2. The van der Waals surface area contributed by atoms with Crippen LogP contribution in [0.15, 0.2) is 28.7 Å². The summed E-state index contributed by atoms with van der Waals surface area (Å²) in [6, 6.07) is 10.6. The molecule has 0 aliphatic heterocycles. The van der Waals surface area contributed by atoms with Gasteiger partial charge in [0.15, 0.2) is 0 Å². The van der Waals surface area contributed by atoms with Crippen molar-refractivity contribution in [2.24, 2.45) is 0 Å². The molecule has 0 amide bonds. The third kappa shape index (κ3) is 2.63. The van der Waals surface area contributed by atoms with Crippen LogP contribution in [0.2, 0.25) is 0 Å². The summed E-state index contributed by atoms with van der Waals surface area (Å²) in [6.07, 6.45) is 4.96. The van der Waals surface area contributed by atoms with Crippen molar-refractivity contribution in [3.8, 4) is 6.07 Å². The van der Waals surface area contributed by atoms with Gasteiger partial charge in [-0.3, -0.25) is 5.32 Å². The van der Waals surface area contributed by atoms with Crippen LogP contribution < -0.4 is 5.32 Å². The van der Waals surface area contributed by atoms with E-state index in [1.165, 1.54) is 25.7 Å². The van der Waals surface area contributed by atoms with Gasteiger partial charge in [0.1, 0.15) is 6.04 Å². The molecule has 1 fully saturated rings. The largest absolute Gasteiger partial charge is 0.295 e. The van der Waals surface area contributed by atoms with Crippen molar-refractivity contribution in [1.29, 1.82) is 5.26 Å². The van der Waals surface area contributed by atoms with Crippen molar-refractivity contribution < 1.29 is 0 Å². The zero-order valence-electron chi connectivity index (χ0n) is 9.12. The number of nitrogens with one attached hydrogen (secondary N) is 1. The second-order valence-electron chi connectivity index (χ2n) is 4.23. The molecule has 0 aromatic heterocycles. The van der Waals surface area contributed by atoms with Gasteiger partial charge in [0.05, 0.1) is 6.07 Å². The van der Waals surface area contributed by atoms with E-state index in [9.17, 15) is 5.26 Å². The predicted octanol–water partition coefficient (Wildman–Crippen LogP) is 3.55. The zero-order valence-corrected chi connectivity index (χ0v) is 10.7. The molecule has 1 unspecified atom stereocenters. The van der Waals surface area contributed by atoms with Crippen LogP contribution in [0, 0.1) is 11.3 Å². The van der Waals surface area contributed by atoms with Crippen LogP contribution in [-0.4, -0.2) is 6.04 Å². The third-order valence-corrected chi connectivity index (χ3v) is 3.83. The lowest BCUT2D eigenvalue weighted by atomic mass is 10.1. The second kappa shape index (κ2) is 5.47. The van der Waals surface area contributed by atoms with E-state index in [4.69, 9.17) is 0 Å². The maximum absolute atomic E-state index is 9.23. The molecule has 2 nitrogen and oxygen atoms in total. The first kappa shape index (κ1) is 11.6. The highest BCUT2D eigenvalue weighted by molar-refractivity contribution is 9.10. The number of nitrogens with zero attached hydrogens (tertiary/aromatic N) is 1. The number of hydrogen-bond donors (Lipinski definition) is 1. The van der Waals surface area contributed by atoms with E-state index in [2.05, 4.69) is 27.3 Å². The lowest BCUT2D eigenvalue weighted by Gasteiger charge is -2.18. The maximum Gasteiger partial charge on any atom is 0.122 e. The highest BCUT2D eigenvalue weighted by atomic mass is 79.9. The van der Waals surface area contributed by atoms with E-state index >= 15 is 0 Å². The molecule has 1 saturated carbocycles. The van der Waals surface area contributed by atoms with Gasteiger partial charge in [-0.05, 0) is 24.5 Å². The lowest BCUT2D eigenvalue weighted by Crippen LogP contribution is -2.29. The summed E-state index contributed by atoms with van der Waals surface area (Å²) in [7, 11) is 0. The fourth-order valence-electron chi connectivity index (χ4n) is 2.23. The van der Waals surface area contributed by atoms with Crippen LogP contribution in [0.1, 0.15) is 37.3 Å². The van der Waals surface area contributed by atoms with Crippen molar-refractivity contribution in [3.63, 3.8) is 0 Å². The summed E-state index contributed by atoms with van der Waals surface area (Å²) in [5.74, 6) is 0. The predicted molar refractivity (Wildman–Crippen MR) is 67.9 cm³/mol. The minimum absolute atomic E-state index is 0.196. The van der Waals surface area contributed by atoms with Crippen molar-refractivity contribution >= 4 is 15.9 Å². The normalized spacial score (nSPS) is 18.2. The molecule has 1 aromatic rings. The van der Waals surface area contributed by atoms with Gasteiger partial charge >= 0.3 is 0 Å². The van der Waals surface area contributed by atoms with Crippen LogP contribution in [0.4, 0.5) is 0 Å². The molecule has 1 N–H and O–H groups in total. The molecule has 16 heavy (non-hydrogen) atoms. The molecule has 84 valence electrons. The van der Waals surface area contributed by atoms with Gasteiger partial charge in [-0.25, -0.2) is 0 Å². The van der Waals surface area contributed by atoms with Gasteiger partial charge in [-0.2, -0.15) is 5.26 Å². The monoisotopic (exact) mass is 278 g/mol. The highest BCUT2D eigenvalue weighted by Crippen LogP contribution is 2.26. The van der Waals surface area contributed by atoms with Gasteiger partial charge in [-0.15, -0.1) is 0 Å².